The molecule has 6 aromatic carbocycles. The third kappa shape index (κ3) is 6.14. The summed E-state index contributed by atoms with van der Waals surface area (Å²) in [4.78, 5) is 14.8. The highest BCUT2D eigenvalue weighted by Crippen LogP contribution is 2.64. The van der Waals surface area contributed by atoms with Crippen LogP contribution < -0.4 is 0 Å². The maximum atomic E-state index is 4.98. The number of hydrogen-bond donors (Lipinski definition) is 0. The van der Waals surface area contributed by atoms with Gasteiger partial charge in [-0.3, -0.25) is 0 Å². The summed E-state index contributed by atoms with van der Waals surface area (Å²) >= 11 is 0. The standard InChI is InChI=1S/C54H41N3/c1-4-7-8-9-13-31-51-55-52(37-21-11-10-12-22-37)57-53(56-51)42-26-19-25-40(35-42)38-23-18-24-39(34-38)41-32-33-46-45-28-15-17-30-49(45)54(50(46)36-41)47(20-5-2)43(6-3)44-27-14-16-29-48(44)54/h4-30,32-36H,1-2,31H2,3H3/b8-7-,13-9-,43-6-,47-20+. The van der Waals surface area contributed by atoms with E-state index in [4.69, 9.17) is 15.0 Å². The molecular formula is C54H41N3. The van der Waals surface area contributed by atoms with Crippen LogP contribution in [0.15, 0.2) is 213 Å². The molecule has 9 rings (SSSR count). The molecule has 1 aromatic heterocycles. The lowest BCUT2D eigenvalue weighted by Crippen LogP contribution is -2.26. The predicted molar refractivity (Wildman–Crippen MR) is 237 cm³/mol. The Morgan fingerprint density at radius 3 is 1.77 bits per heavy atom. The zero-order valence-electron chi connectivity index (χ0n) is 31.9. The molecular weight excluding hydrogens is 691 g/mol. The van der Waals surface area contributed by atoms with Crippen molar-refractivity contribution in [3.05, 3.63) is 241 Å². The highest BCUT2D eigenvalue weighted by Gasteiger charge is 2.53. The molecule has 0 bridgehead atoms. The molecule has 2 aliphatic rings. The number of aromatic nitrogens is 3. The van der Waals surface area contributed by atoms with Crippen molar-refractivity contribution in [3.63, 3.8) is 0 Å². The van der Waals surface area contributed by atoms with E-state index in [9.17, 15) is 0 Å². The van der Waals surface area contributed by atoms with Crippen LogP contribution in [0.4, 0.5) is 0 Å². The van der Waals surface area contributed by atoms with E-state index in [0.29, 0.717) is 23.9 Å². The van der Waals surface area contributed by atoms with Crippen LogP contribution >= 0.6 is 0 Å². The van der Waals surface area contributed by atoms with E-state index >= 15 is 0 Å². The summed E-state index contributed by atoms with van der Waals surface area (Å²) in [5, 5.41) is 0. The van der Waals surface area contributed by atoms with E-state index in [0.717, 1.165) is 27.8 Å². The zero-order chi connectivity index (χ0) is 38.8. The summed E-state index contributed by atoms with van der Waals surface area (Å²) in [6.45, 7) is 10.1. The van der Waals surface area contributed by atoms with Crippen LogP contribution in [0.25, 0.3) is 61.7 Å². The Balaban J connectivity index is 1.13. The van der Waals surface area contributed by atoms with Crippen LogP contribution in [0.2, 0.25) is 0 Å². The van der Waals surface area contributed by atoms with Gasteiger partial charge in [0.1, 0.15) is 5.82 Å². The van der Waals surface area contributed by atoms with Crippen molar-refractivity contribution in [3.8, 4) is 56.2 Å². The molecule has 1 unspecified atom stereocenters. The summed E-state index contributed by atoms with van der Waals surface area (Å²) in [5.41, 5.74) is 16.3. The minimum atomic E-state index is -0.444. The first-order chi connectivity index (χ1) is 28.1. The van der Waals surface area contributed by atoms with E-state index in [1.165, 1.54) is 50.1 Å². The monoisotopic (exact) mass is 731 g/mol. The first kappa shape index (κ1) is 35.5. The van der Waals surface area contributed by atoms with Gasteiger partial charge in [-0.2, -0.15) is 0 Å². The number of allylic oxidation sites excluding steroid dienone is 10. The van der Waals surface area contributed by atoms with Crippen LogP contribution in [0.3, 0.4) is 0 Å². The smallest absolute Gasteiger partial charge is 0.163 e. The molecule has 0 saturated carbocycles. The van der Waals surface area contributed by atoms with Crippen LogP contribution in [-0.4, -0.2) is 15.0 Å². The Labute approximate surface area is 335 Å². The molecule has 0 aliphatic heterocycles. The summed E-state index contributed by atoms with van der Waals surface area (Å²) in [7, 11) is 0. The fraction of sp³-hybridized carbons (Fsp3) is 0.0556. The molecule has 7 aromatic rings. The third-order valence-corrected chi connectivity index (χ3v) is 11.1. The van der Waals surface area contributed by atoms with Crippen molar-refractivity contribution in [1.29, 1.82) is 0 Å². The van der Waals surface area contributed by atoms with Crippen LogP contribution in [0.5, 0.6) is 0 Å². The quantitative estimate of drug-likeness (QED) is 0.139. The molecule has 272 valence electrons. The van der Waals surface area contributed by atoms with Gasteiger partial charge in [-0.25, -0.2) is 15.0 Å². The fourth-order valence-electron chi connectivity index (χ4n) is 8.69. The van der Waals surface area contributed by atoms with Gasteiger partial charge in [0.15, 0.2) is 11.6 Å². The van der Waals surface area contributed by atoms with Gasteiger partial charge in [-0.15, -0.1) is 0 Å². The fourth-order valence-corrected chi connectivity index (χ4v) is 8.69. The van der Waals surface area contributed by atoms with Gasteiger partial charge in [0.2, 0.25) is 0 Å². The van der Waals surface area contributed by atoms with Crippen LogP contribution in [0.1, 0.15) is 35.0 Å². The van der Waals surface area contributed by atoms with Gasteiger partial charge in [-0.1, -0.05) is 189 Å². The van der Waals surface area contributed by atoms with Gasteiger partial charge in [-0.05, 0) is 91.9 Å². The second-order valence-electron chi connectivity index (χ2n) is 14.3. The Morgan fingerprint density at radius 1 is 0.491 bits per heavy atom. The number of fused-ring (bicyclic) bond motifs is 7. The van der Waals surface area contributed by atoms with Crippen molar-refractivity contribution in [2.45, 2.75) is 18.8 Å². The molecule has 1 spiro atoms. The molecule has 0 amide bonds. The Hall–Kier alpha value is -7.23. The summed E-state index contributed by atoms with van der Waals surface area (Å²) in [6, 6.07) is 52.3. The molecule has 0 fully saturated rings. The minimum Gasteiger partial charge on any atom is -0.213 e. The molecule has 3 heteroatoms. The lowest BCUT2D eigenvalue weighted by atomic mass is 9.70. The SMILES string of the molecule is C=C/C=C\C=C/Cc1nc(-c2ccccc2)nc(-c2cccc(-c3cccc(-c4ccc5c(c4)C4(C(=C/C=C)/C(=C\C)c6ccccc64)c4ccccc4-5)c3)c2)n1. The van der Waals surface area contributed by atoms with Gasteiger partial charge >= 0.3 is 0 Å². The van der Waals surface area contributed by atoms with Crippen molar-refractivity contribution in [2.75, 3.05) is 0 Å². The number of nitrogens with zero attached hydrogens (tertiary/aromatic N) is 3. The zero-order valence-corrected chi connectivity index (χ0v) is 31.9. The van der Waals surface area contributed by atoms with Crippen LogP contribution in [-0.2, 0) is 11.8 Å². The molecule has 0 saturated heterocycles. The number of hydrogen-bond acceptors (Lipinski definition) is 3. The van der Waals surface area contributed by atoms with Crippen molar-refractivity contribution >= 4 is 5.57 Å². The highest BCUT2D eigenvalue weighted by molar-refractivity contribution is 6.00. The maximum absolute atomic E-state index is 4.98. The molecule has 57 heavy (non-hydrogen) atoms. The second-order valence-corrected chi connectivity index (χ2v) is 14.3. The highest BCUT2D eigenvalue weighted by atomic mass is 15.0. The third-order valence-electron chi connectivity index (χ3n) is 11.1. The summed E-state index contributed by atoms with van der Waals surface area (Å²) < 4.78 is 0. The Kier molecular flexibility index (Phi) is 9.41. The first-order valence-electron chi connectivity index (χ1n) is 19.4. The van der Waals surface area contributed by atoms with Gasteiger partial charge in [0.25, 0.3) is 0 Å². The van der Waals surface area contributed by atoms with Gasteiger partial charge in [0.05, 0.1) is 5.41 Å². The van der Waals surface area contributed by atoms with Crippen LogP contribution in [0, 0.1) is 0 Å². The number of benzene rings is 6. The molecule has 0 radical (unpaired) electrons. The largest absolute Gasteiger partial charge is 0.213 e. The van der Waals surface area contributed by atoms with Crippen molar-refractivity contribution in [1.82, 2.24) is 15.0 Å². The van der Waals surface area contributed by atoms with Gasteiger partial charge in [0, 0.05) is 17.5 Å². The lowest BCUT2D eigenvalue weighted by Gasteiger charge is -2.31. The second kappa shape index (κ2) is 15.1. The first-order valence-corrected chi connectivity index (χ1v) is 19.4. The van der Waals surface area contributed by atoms with E-state index in [1.54, 1.807) is 6.08 Å². The van der Waals surface area contributed by atoms with Gasteiger partial charge < -0.3 is 0 Å². The van der Waals surface area contributed by atoms with Crippen molar-refractivity contribution < 1.29 is 0 Å². The molecule has 1 heterocycles. The average molecular weight is 732 g/mol. The summed E-state index contributed by atoms with van der Waals surface area (Å²) in [5.74, 6) is 2.02. The molecule has 2 aliphatic carbocycles. The minimum absolute atomic E-state index is 0.444. The Morgan fingerprint density at radius 2 is 1.07 bits per heavy atom. The molecule has 3 nitrogen and oxygen atoms in total. The molecule has 0 N–H and O–H groups in total. The molecule has 1 atom stereocenters. The summed E-state index contributed by atoms with van der Waals surface area (Å²) in [6.07, 6.45) is 16.7. The maximum Gasteiger partial charge on any atom is 0.163 e. The van der Waals surface area contributed by atoms with E-state index in [2.05, 4.69) is 154 Å². The van der Waals surface area contributed by atoms with E-state index < -0.39 is 5.41 Å². The Bertz CT molecular complexity index is 2820. The lowest BCUT2D eigenvalue weighted by molar-refractivity contribution is 0.795. The number of rotatable bonds is 9. The predicted octanol–water partition coefficient (Wildman–Crippen LogP) is 13.2. The van der Waals surface area contributed by atoms with Crippen molar-refractivity contribution in [2.24, 2.45) is 0 Å². The van der Waals surface area contributed by atoms with E-state index in [1.807, 2.05) is 54.6 Å². The van der Waals surface area contributed by atoms with E-state index in [-0.39, 0.29) is 0 Å². The average Bonchev–Trinajstić information content (AvgIpc) is 3.73. The topological polar surface area (TPSA) is 38.7 Å². The normalized spacial score (nSPS) is 16.7.